The van der Waals surface area contributed by atoms with E-state index >= 15 is 4.39 Å². The molecule has 1 saturated carbocycles. The smallest absolute Gasteiger partial charge is 0.253 e. The molecular weight excluding hydrogens is 602 g/mol. The minimum atomic E-state index is -3.91. The van der Waals surface area contributed by atoms with Gasteiger partial charge in [-0.1, -0.05) is 66.5 Å². The van der Waals surface area contributed by atoms with Gasteiger partial charge in [0.05, 0.1) is 29.6 Å². The van der Waals surface area contributed by atoms with Crippen molar-refractivity contribution in [2.75, 3.05) is 10.8 Å². The Bertz CT molecular complexity index is 1550. The van der Waals surface area contributed by atoms with Gasteiger partial charge in [-0.15, -0.1) is 0 Å². The number of aldehydes is 1. The van der Waals surface area contributed by atoms with Crippen molar-refractivity contribution in [2.24, 2.45) is 0 Å². The number of rotatable bonds is 11. The number of hydrogen-bond donors (Lipinski definition) is 0. The summed E-state index contributed by atoms with van der Waals surface area (Å²) < 4.78 is 49.9. The number of morpholine rings is 1. The van der Waals surface area contributed by atoms with Crippen LogP contribution in [0, 0.1) is 5.82 Å². The zero-order chi connectivity index (χ0) is 30.0. The maximum Gasteiger partial charge on any atom is 0.253 e. The average Bonchev–Trinajstić information content (AvgIpc) is 3.83. The van der Waals surface area contributed by atoms with Gasteiger partial charge in [-0.3, -0.25) is 9.10 Å². The van der Waals surface area contributed by atoms with Gasteiger partial charge in [0.2, 0.25) is 10.0 Å². The average molecular weight is 634 g/mol. The second kappa shape index (κ2) is 12.7. The lowest BCUT2D eigenvalue weighted by molar-refractivity contribution is -0.180. The highest BCUT2D eigenvalue weighted by atomic mass is 35.5. The summed E-state index contributed by atoms with van der Waals surface area (Å²) in [6.45, 7) is 1.67. The Balaban J connectivity index is 1.65. The topological polar surface area (TPSA) is 84.0 Å². The second-order valence-corrected chi connectivity index (χ2v) is 13.5. The fraction of sp³-hybridized carbons (Fsp3) is 0.355. The fourth-order valence-electron chi connectivity index (χ4n) is 5.49. The SMILES string of the molecule is CC[C@@H](CN(c1ccccc1F)S(=O)(=O)C1CC1)N1C(=O)[C@@H](CC=O)O[C@H](c2cccc(Cl)c2)[C@H]1c1ccc(Cl)cc1. The third kappa shape index (κ3) is 6.20. The van der Waals surface area contributed by atoms with Gasteiger partial charge >= 0.3 is 0 Å². The van der Waals surface area contributed by atoms with Gasteiger partial charge in [0, 0.05) is 16.5 Å². The first kappa shape index (κ1) is 30.5. The Kier molecular flexibility index (Phi) is 9.23. The number of carbonyl (C=O) groups is 2. The number of halogens is 3. The molecule has 0 radical (unpaired) electrons. The van der Waals surface area contributed by atoms with Crippen LogP contribution in [0.25, 0.3) is 0 Å². The van der Waals surface area contributed by atoms with E-state index in [0.29, 0.717) is 46.7 Å². The number of sulfonamides is 1. The molecule has 1 saturated heterocycles. The normalized spacial score (nSPS) is 21.7. The lowest BCUT2D eigenvalue weighted by Crippen LogP contribution is -2.58. The van der Waals surface area contributed by atoms with Crippen LogP contribution in [-0.4, -0.2) is 49.5 Å². The van der Waals surface area contributed by atoms with Crippen LogP contribution >= 0.6 is 23.2 Å². The largest absolute Gasteiger partial charge is 0.357 e. The number of amides is 1. The minimum Gasteiger partial charge on any atom is -0.357 e. The van der Waals surface area contributed by atoms with Crippen molar-refractivity contribution in [1.29, 1.82) is 0 Å². The van der Waals surface area contributed by atoms with Crippen molar-refractivity contribution in [3.05, 3.63) is 99.8 Å². The van der Waals surface area contributed by atoms with E-state index in [1.54, 1.807) is 53.4 Å². The first-order chi connectivity index (χ1) is 20.1. The van der Waals surface area contributed by atoms with Crippen molar-refractivity contribution < 1.29 is 27.1 Å². The molecule has 222 valence electrons. The van der Waals surface area contributed by atoms with E-state index < -0.39 is 51.3 Å². The molecule has 42 heavy (non-hydrogen) atoms. The summed E-state index contributed by atoms with van der Waals surface area (Å²) in [5, 5.41) is 0.360. The molecule has 3 aromatic carbocycles. The molecule has 1 aliphatic heterocycles. The van der Waals surface area contributed by atoms with E-state index in [-0.39, 0.29) is 18.7 Å². The first-order valence-corrected chi connectivity index (χ1v) is 16.1. The molecule has 1 amide bonds. The number of anilines is 1. The molecule has 0 N–H and O–H groups in total. The Hall–Kier alpha value is -2.98. The maximum absolute atomic E-state index is 15.1. The molecule has 2 aliphatic rings. The van der Waals surface area contributed by atoms with Gasteiger partial charge in [-0.2, -0.15) is 0 Å². The number of hydrogen-bond acceptors (Lipinski definition) is 5. The van der Waals surface area contributed by atoms with Crippen LogP contribution in [0.5, 0.6) is 0 Å². The van der Waals surface area contributed by atoms with Crippen molar-refractivity contribution in [3.63, 3.8) is 0 Å². The molecule has 1 heterocycles. The van der Waals surface area contributed by atoms with Crippen LogP contribution < -0.4 is 4.31 Å². The predicted octanol–water partition coefficient (Wildman–Crippen LogP) is 6.51. The summed E-state index contributed by atoms with van der Waals surface area (Å²) in [5.74, 6) is -1.13. The molecule has 0 aromatic heterocycles. The highest BCUT2D eigenvalue weighted by Crippen LogP contribution is 2.45. The van der Waals surface area contributed by atoms with Crippen molar-refractivity contribution in [2.45, 2.75) is 62.1 Å². The maximum atomic E-state index is 15.1. The van der Waals surface area contributed by atoms with Crippen LogP contribution in [0.3, 0.4) is 0 Å². The molecule has 0 spiro atoms. The molecule has 11 heteroatoms. The molecular formula is C31H31Cl2FN2O5S. The first-order valence-electron chi connectivity index (χ1n) is 13.8. The standard InChI is InChI=1S/C31H31Cl2FN2O5S/c1-2-24(19-35(42(39,40)25-14-15-25)27-9-4-3-8-26(27)34)36-29(20-10-12-22(32)13-11-20)30(21-6-5-7-23(33)18-21)41-28(16-17-37)31(36)38/h3-13,17-18,24-25,28-30H,2,14-16,19H2,1H3/t24-,28+,29+,30+/m0/s1. The Morgan fingerprint density at radius 1 is 1.02 bits per heavy atom. The number of carbonyl (C=O) groups excluding carboxylic acids is 2. The number of ether oxygens (including phenoxy) is 1. The molecule has 3 aromatic rings. The quantitative estimate of drug-likeness (QED) is 0.225. The van der Waals surface area contributed by atoms with Crippen molar-refractivity contribution in [1.82, 2.24) is 4.90 Å². The molecule has 0 bridgehead atoms. The zero-order valence-corrected chi connectivity index (χ0v) is 25.2. The summed E-state index contributed by atoms with van der Waals surface area (Å²) in [7, 11) is -3.91. The highest BCUT2D eigenvalue weighted by molar-refractivity contribution is 7.93. The van der Waals surface area contributed by atoms with E-state index in [2.05, 4.69) is 0 Å². The number of para-hydroxylation sites is 1. The summed E-state index contributed by atoms with van der Waals surface area (Å²) in [6, 6.07) is 18.4. The number of benzene rings is 3. The summed E-state index contributed by atoms with van der Waals surface area (Å²) in [5.41, 5.74) is 1.31. The second-order valence-electron chi connectivity index (χ2n) is 10.5. The van der Waals surface area contributed by atoms with Crippen LogP contribution in [0.2, 0.25) is 10.0 Å². The Labute approximate surface area is 255 Å². The monoisotopic (exact) mass is 632 g/mol. The van der Waals surface area contributed by atoms with Gasteiger partial charge in [0.1, 0.15) is 24.3 Å². The molecule has 4 atom stereocenters. The van der Waals surface area contributed by atoms with E-state index in [0.717, 1.165) is 4.31 Å². The molecule has 7 nitrogen and oxygen atoms in total. The van der Waals surface area contributed by atoms with Gasteiger partial charge in [-0.25, -0.2) is 12.8 Å². The van der Waals surface area contributed by atoms with Gasteiger partial charge in [-0.05, 0) is 66.8 Å². The minimum absolute atomic E-state index is 0.0672. The molecule has 1 aliphatic carbocycles. The lowest BCUT2D eigenvalue weighted by atomic mass is 9.89. The van der Waals surface area contributed by atoms with Gasteiger partial charge < -0.3 is 14.4 Å². The van der Waals surface area contributed by atoms with Crippen molar-refractivity contribution in [3.8, 4) is 0 Å². The summed E-state index contributed by atoms with van der Waals surface area (Å²) in [4.78, 5) is 27.4. The fourth-order valence-corrected chi connectivity index (χ4v) is 7.71. The van der Waals surface area contributed by atoms with E-state index in [1.807, 2.05) is 13.0 Å². The van der Waals surface area contributed by atoms with Gasteiger partial charge in [0.15, 0.2) is 0 Å². The molecule has 5 rings (SSSR count). The Morgan fingerprint density at radius 2 is 1.74 bits per heavy atom. The third-order valence-electron chi connectivity index (χ3n) is 7.74. The summed E-state index contributed by atoms with van der Waals surface area (Å²) >= 11 is 12.6. The van der Waals surface area contributed by atoms with E-state index in [9.17, 15) is 18.0 Å². The van der Waals surface area contributed by atoms with E-state index in [4.69, 9.17) is 27.9 Å². The predicted molar refractivity (Wildman–Crippen MR) is 161 cm³/mol. The van der Waals surface area contributed by atoms with Crippen LogP contribution in [0.15, 0.2) is 72.8 Å². The van der Waals surface area contributed by atoms with Crippen molar-refractivity contribution >= 4 is 51.1 Å². The molecule has 0 unspecified atom stereocenters. The van der Waals surface area contributed by atoms with Crippen LogP contribution in [0.4, 0.5) is 10.1 Å². The highest BCUT2D eigenvalue weighted by Gasteiger charge is 2.48. The third-order valence-corrected chi connectivity index (χ3v) is 10.5. The van der Waals surface area contributed by atoms with Crippen LogP contribution in [-0.2, 0) is 24.3 Å². The zero-order valence-electron chi connectivity index (χ0n) is 22.9. The van der Waals surface area contributed by atoms with Gasteiger partial charge in [0.25, 0.3) is 5.91 Å². The van der Waals surface area contributed by atoms with E-state index in [1.165, 1.54) is 18.2 Å². The van der Waals surface area contributed by atoms with Crippen LogP contribution in [0.1, 0.15) is 55.9 Å². The number of nitrogens with zero attached hydrogens (tertiary/aromatic N) is 2. The molecule has 2 fully saturated rings. The Morgan fingerprint density at radius 3 is 2.36 bits per heavy atom. The summed E-state index contributed by atoms with van der Waals surface area (Å²) in [6.07, 6.45) is -0.0828. The lowest BCUT2D eigenvalue weighted by Gasteiger charge is -2.48.